The van der Waals surface area contributed by atoms with E-state index < -0.39 is 0 Å². The Morgan fingerprint density at radius 3 is 0.545 bits per heavy atom. The summed E-state index contributed by atoms with van der Waals surface area (Å²) in [5, 5.41) is 0. The van der Waals surface area contributed by atoms with Gasteiger partial charge in [0.2, 0.25) is 0 Å². The van der Waals surface area contributed by atoms with Crippen LogP contribution in [0, 0.1) is 262 Å². The minimum absolute atomic E-state index is 0. The molecule has 0 aliphatic heterocycles. The number of rotatable bonds is 0. The van der Waals surface area contributed by atoms with Gasteiger partial charge in [-0.2, -0.15) is 26.7 Å². The molecule has 0 fully saturated rings. The first kappa shape index (κ1) is 116. The van der Waals surface area contributed by atoms with E-state index in [0.29, 0.717) is 0 Å². The first-order valence-electron chi connectivity index (χ1n) is 3.83. The maximum Gasteiger partial charge on any atom is 0 e. The van der Waals surface area contributed by atoms with Crippen molar-refractivity contribution in [1.82, 2.24) is 0 Å². The molecule has 22 heavy (non-hydrogen) atoms. The molecule has 0 unspecified atom stereocenters. The Labute approximate surface area is 406 Å². The van der Waals surface area contributed by atoms with Gasteiger partial charge in [0.1, 0.15) is 0 Å². The van der Waals surface area contributed by atoms with Crippen LogP contribution in [0.3, 0.4) is 0 Å². The van der Waals surface area contributed by atoms with Crippen LogP contribution in [0.1, 0.15) is 40.5 Å². The van der Waals surface area contributed by atoms with Crippen molar-refractivity contribution in [2.45, 2.75) is 40.5 Å². The summed E-state index contributed by atoms with van der Waals surface area (Å²) in [4.78, 5) is 0. The minimum atomic E-state index is 0. The molecule has 0 rings (SSSR count). The molecule has 0 aromatic heterocycles. The van der Waals surface area contributed by atoms with Gasteiger partial charge in [-0.1, -0.05) is 13.8 Å². The average molecular weight is 1260 g/mol. The maximum atomic E-state index is 3.49. The van der Waals surface area contributed by atoms with Gasteiger partial charge in [0.15, 0.2) is 0 Å². The van der Waals surface area contributed by atoms with E-state index in [9.17, 15) is 0 Å². The summed E-state index contributed by atoms with van der Waals surface area (Å²) in [7, 11) is 0. The van der Waals surface area contributed by atoms with Crippen molar-refractivity contribution in [3.05, 3.63) is 35.1 Å². The van der Waals surface area contributed by atoms with E-state index >= 15 is 0 Å². The van der Waals surface area contributed by atoms with Crippen molar-refractivity contribution in [3.63, 3.8) is 0 Å². The molecular weight excluding hydrogens is 1230 g/mol. The molecule has 0 amide bonds. The topological polar surface area (TPSA) is 0 Å². The van der Waals surface area contributed by atoms with Crippen molar-refractivity contribution in [2.75, 3.05) is 0 Å². The van der Waals surface area contributed by atoms with Crippen LogP contribution in [0.15, 0.2) is 0 Å². The molecule has 0 aromatic rings. The smallest absolute Gasteiger partial charge is 0 e. The molecule has 0 bridgehead atoms. The number of hydrogen-bond donors (Lipinski definition) is 0. The summed E-state index contributed by atoms with van der Waals surface area (Å²) < 4.78 is 0. The zero-order chi connectivity index (χ0) is 9.41. The SMILES string of the molecule is [Ar].[Ar].[Ar].[Ar].[Ar].[Ar].[CH2-]C.[CH2-]C.[CH2-]CC.[CH2-]CC.[CH3-].[Pt].[Pt].[Pt].[W].[Y]. The summed E-state index contributed by atoms with van der Waals surface area (Å²) >= 11 is 0. The second-order valence-corrected chi connectivity index (χ2v) is 1.000. The monoisotopic (exact) mass is 1260 g/mol. The molecule has 0 atom stereocenters. The Morgan fingerprint density at radius 2 is 0.545 bits per heavy atom. The van der Waals surface area contributed by atoms with Crippen LogP contribution >= 0.6 is 0 Å². The van der Waals surface area contributed by atoms with Crippen LogP contribution in [0.5, 0.6) is 0 Å². The van der Waals surface area contributed by atoms with Crippen LogP contribution in [-0.4, -0.2) is 0 Å². The van der Waals surface area contributed by atoms with E-state index in [4.69, 9.17) is 0 Å². The van der Waals surface area contributed by atoms with Crippen LogP contribution in [-0.2, 0) is 117 Å². The summed E-state index contributed by atoms with van der Waals surface area (Å²) in [5.41, 5.74) is 0. The normalized spacial score (nSPS) is 2.18. The van der Waals surface area contributed by atoms with Crippen LogP contribution < -0.4 is 0 Å². The van der Waals surface area contributed by atoms with Crippen molar-refractivity contribution >= 4 is 0 Å². The predicted molar refractivity (Wildman–Crippen MR) is 59.8 cm³/mol. The fourth-order valence-electron chi connectivity index (χ4n) is 0. The molecule has 0 saturated carbocycles. The standard InChI is InChI=1S/2C3H7.2C2H5.CH3.6Ar.3Pt.W.Y/c2*1-3-2;2*1-2;;;;;;;;;;;;/h2*1,3H2,2H3;2*1H2,2H3;1H3;;;;;;;;;;;/q5*-1;;;;;;;;;;;. The number of hydrogen-bond acceptors (Lipinski definition) is 0. The fraction of sp³-hybridized carbons (Fsp3) is 0.545. The van der Waals surface area contributed by atoms with Crippen LogP contribution in [0.2, 0.25) is 0 Å². The zero-order valence-electron chi connectivity index (χ0n) is 13.3. The Hall–Kier alpha value is 11.4. The van der Waals surface area contributed by atoms with Gasteiger partial charge in [-0.3, -0.25) is 0 Å². The summed E-state index contributed by atoms with van der Waals surface area (Å²) in [6, 6.07) is 0. The molecule has 1 radical (unpaired) electrons. The second kappa shape index (κ2) is 178. The quantitative estimate of drug-likeness (QED) is 0.313. The largest absolute Gasteiger partial charge is 0.358 e. The second-order valence-electron chi connectivity index (χ2n) is 1.000. The summed E-state index contributed by atoms with van der Waals surface area (Å²) in [6.45, 7) is 21.0. The summed E-state index contributed by atoms with van der Waals surface area (Å²) in [5.74, 6) is 0. The van der Waals surface area contributed by atoms with Crippen LogP contribution in [0.4, 0.5) is 0 Å². The van der Waals surface area contributed by atoms with Gasteiger partial charge in [0, 0.05) is 343 Å². The molecule has 0 aromatic carbocycles. The van der Waals surface area contributed by atoms with Gasteiger partial charge in [0.25, 0.3) is 0 Å². The fourth-order valence-corrected chi connectivity index (χ4v) is 0. The van der Waals surface area contributed by atoms with Gasteiger partial charge < -0.3 is 35.1 Å². The van der Waals surface area contributed by atoms with Crippen molar-refractivity contribution < 1.29 is 343 Å². The molecule has 0 heterocycles. The Balaban J connectivity index is -0.00000000133. The van der Waals surface area contributed by atoms with Crippen LogP contribution in [0.25, 0.3) is 0 Å². The van der Waals surface area contributed by atoms with E-state index in [2.05, 4.69) is 27.7 Å². The third kappa shape index (κ3) is 223. The van der Waals surface area contributed by atoms with E-state index in [1.54, 1.807) is 13.8 Å². The molecule has 0 aliphatic carbocycles. The van der Waals surface area contributed by atoms with E-state index in [1.165, 1.54) is 0 Å². The van der Waals surface area contributed by atoms with Gasteiger partial charge >= 0.3 is 0 Å². The third-order valence-electron chi connectivity index (χ3n) is 0. The molecular formula is C11H27Ar6Pt3WY-5. The Bertz CT molecular complexity index is 41.8. The van der Waals surface area contributed by atoms with E-state index in [-0.39, 0.29) is 351 Å². The molecule has 0 saturated heterocycles. The predicted octanol–water partition coefficient (Wildman–Crippen LogP) is 4.58. The molecule has 0 N–H and O–H groups in total. The van der Waals surface area contributed by atoms with Crippen molar-refractivity contribution in [1.29, 1.82) is 0 Å². The summed E-state index contributed by atoms with van der Waals surface area (Å²) in [6.07, 6.45) is 2.00. The average Bonchev–Trinajstić information content (AvgIpc) is 1.99. The van der Waals surface area contributed by atoms with E-state index in [0.717, 1.165) is 12.8 Å². The van der Waals surface area contributed by atoms with Gasteiger partial charge in [-0.15, -0.1) is 0 Å². The maximum absolute atomic E-state index is 3.49. The first-order chi connectivity index (χ1) is 4.83. The molecule has 11 heteroatoms. The zero-order valence-corrected chi connectivity index (χ0v) is 30.1. The van der Waals surface area contributed by atoms with Gasteiger partial charge in [-0.05, 0) is 0 Å². The Morgan fingerprint density at radius 1 is 0.545 bits per heavy atom. The third-order valence-corrected chi connectivity index (χ3v) is 0. The van der Waals surface area contributed by atoms with Crippen molar-refractivity contribution in [2.24, 2.45) is 0 Å². The first-order valence-corrected chi connectivity index (χ1v) is 3.83. The van der Waals surface area contributed by atoms with Crippen molar-refractivity contribution in [3.8, 4) is 0 Å². The Kier molecular flexibility index (Phi) is 935. The molecule has 0 spiro atoms. The van der Waals surface area contributed by atoms with Gasteiger partial charge in [0.05, 0.1) is 0 Å². The van der Waals surface area contributed by atoms with E-state index in [1.807, 2.05) is 13.8 Å². The van der Waals surface area contributed by atoms with Gasteiger partial charge in [-0.25, -0.2) is 0 Å². The molecule has 0 aliphatic rings. The molecule has 163 valence electrons. The minimum Gasteiger partial charge on any atom is -0.358 e. The molecule has 0 nitrogen and oxygen atoms in total.